The lowest BCUT2D eigenvalue weighted by Crippen LogP contribution is -2.27. The van der Waals surface area contributed by atoms with E-state index in [-0.39, 0.29) is 6.61 Å². The molecule has 1 aromatic rings. The molecule has 0 aliphatic rings. The monoisotopic (exact) mass is 318 g/mol. The first kappa shape index (κ1) is 18.9. The highest BCUT2D eigenvalue weighted by molar-refractivity contribution is 5.78. The highest BCUT2D eigenvalue weighted by atomic mass is 16.6. The average molecular weight is 318 g/mol. The number of hydrogen-bond donors (Lipinski definition) is 0. The number of allylic oxidation sites excluding steroid dienone is 1. The second kappa shape index (κ2) is 7.44. The summed E-state index contributed by atoms with van der Waals surface area (Å²) in [5.74, 6) is 0.202. The van der Waals surface area contributed by atoms with E-state index in [4.69, 9.17) is 9.47 Å². The Labute approximate surface area is 138 Å². The number of aldehydes is 1. The highest BCUT2D eigenvalue weighted by Crippen LogP contribution is 2.33. The topological polar surface area (TPSA) is 52.6 Å². The maximum absolute atomic E-state index is 11.9. The van der Waals surface area contributed by atoms with E-state index in [0.29, 0.717) is 5.75 Å². The van der Waals surface area contributed by atoms with Crippen LogP contribution in [-0.4, -0.2) is 24.5 Å². The first-order valence-corrected chi connectivity index (χ1v) is 7.65. The zero-order chi connectivity index (χ0) is 17.8. The van der Waals surface area contributed by atoms with Crippen molar-refractivity contribution in [2.75, 3.05) is 6.61 Å². The standard InChI is InChI=1S/C19H26O4/c1-12-13(2)15(4)18(16(14(12)3)9-8-10-20)22-11-17(21)23-19(5,6)7/h8-10H,11H2,1-7H3. The summed E-state index contributed by atoms with van der Waals surface area (Å²) in [6.45, 7) is 13.3. The quantitative estimate of drug-likeness (QED) is 0.470. The molecule has 0 saturated carbocycles. The zero-order valence-electron chi connectivity index (χ0n) is 15.1. The molecule has 0 amide bonds. The molecular weight excluding hydrogens is 292 g/mol. The van der Waals surface area contributed by atoms with Gasteiger partial charge >= 0.3 is 5.97 Å². The van der Waals surface area contributed by atoms with Crippen LogP contribution in [0.5, 0.6) is 5.75 Å². The second-order valence-electron chi connectivity index (χ2n) is 6.61. The molecular formula is C19H26O4. The molecule has 1 rings (SSSR count). The Hall–Kier alpha value is -2.10. The van der Waals surface area contributed by atoms with E-state index >= 15 is 0 Å². The molecule has 0 bridgehead atoms. The maximum atomic E-state index is 11.9. The van der Waals surface area contributed by atoms with E-state index in [1.165, 1.54) is 6.08 Å². The van der Waals surface area contributed by atoms with Crippen LogP contribution in [0.2, 0.25) is 0 Å². The summed E-state index contributed by atoms with van der Waals surface area (Å²) in [6, 6.07) is 0. The van der Waals surface area contributed by atoms with E-state index in [2.05, 4.69) is 0 Å². The first-order valence-electron chi connectivity index (χ1n) is 7.65. The van der Waals surface area contributed by atoms with E-state index in [1.807, 2.05) is 48.5 Å². The number of hydrogen-bond acceptors (Lipinski definition) is 4. The third kappa shape index (κ3) is 4.95. The fraction of sp³-hybridized carbons (Fsp3) is 0.474. The van der Waals surface area contributed by atoms with Crippen LogP contribution in [0.1, 0.15) is 48.6 Å². The van der Waals surface area contributed by atoms with Crippen molar-refractivity contribution >= 4 is 18.3 Å². The van der Waals surface area contributed by atoms with Gasteiger partial charge in [0, 0.05) is 5.56 Å². The van der Waals surface area contributed by atoms with Crippen LogP contribution in [-0.2, 0) is 14.3 Å². The van der Waals surface area contributed by atoms with Crippen LogP contribution in [0.15, 0.2) is 6.08 Å². The zero-order valence-corrected chi connectivity index (χ0v) is 15.1. The van der Waals surface area contributed by atoms with Gasteiger partial charge in [0.15, 0.2) is 6.61 Å². The summed E-state index contributed by atoms with van der Waals surface area (Å²) >= 11 is 0. The predicted octanol–water partition coefficient (Wildman–Crippen LogP) is 3.85. The van der Waals surface area contributed by atoms with E-state index < -0.39 is 11.6 Å². The van der Waals surface area contributed by atoms with Crippen molar-refractivity contribution in [3.8, 4) is 5.75 Å². The molecule has 0 aliphatic heterocycles. The number of carbonyl (C=O) groups is 2. The van der Waals surface area contributed by atoms with Crippen LogP contribution >= 0.6 is 0 Å². The normalized spacial score (nSPS) is 11.6. The van der Waals surface area contributed by atoms with Gasteiger partial charge in [0.05, 0.1) is 0 Å². The van der Waals surface area contributed by atoms with Crippen molar-refractivity contribution in [2.45, 2.75) is 54.1 Å². The Morgan fingerprint density at radius 1 is 1.00 bits per heavy atom. The molecule has 1 aromatic carbocycles. The molecule has 0 fully saturated rings. The first-order chi connectivity index (χ1) is 10.6. The van der Waals surface area contributed by atoms with Crippen molar-refractivity contribution < 1.29 is 19.1 Å². The molecule has 0 radical (unpaired) electrons. The SMILES string of the molecule is Cc1c(C)c(C)c(OCC(=O)OC(C)(C)C)c(C=CC=O)c1C. The molecule has 0 heterocycles. The molecule has 23 heavy (non-hydrogen) atoms. The molecule has 0 N–H and O–H groups in total. The third-order valence-corrected chi connectivity index (χ3v) is 3.77. The summed E-state index contributed by atoms with van der Waals surface area (Å²) in [6.07, 6.45) is 3.87. The van der Waals surface area contributed by atoms with Crippen molar-refractivity contribution in [1.29, 1.82) is 0 Å². The minimum Gasteiger partial charge on any atom is -0.481 e. The van der Waals surface area contributed by atoms with Crippen molar-refractivity contribution in [3.63, 3.8) is 0 Å². The Bertz CT molecular complexity index is 634. The molecule has 0 atom stereocenters. The number of rotatable bonds is 5. The largest absolute Gasteiger partial charge is 0.481 e. The molecule has 0 aliphatic carbocycles. The molecule has 4 heteroatoms. The average Bonchev–Trinajstić information content (AvgIpc) is 2.44. The van der Waals surface area contributed by atoms with Crippen LogP contribution < -0.4 is 4.74 Å². The van der Waals surface area contributed by atoms with Crippen molar-refractivity contribution in [2.24, 2.45) is 0 Å². The van der Waals surface area contributed by atoms with Crippen LogP contribution in [0.3, 0.4) is 0 Å². The van der Waals surface area contributed by atoms with Gasteiger partial charge in [-0.15, -0.1) is 0 Å². The lowest BCUT2D eigenvalue weighted by atomic mass is 9.93. The molecule has 0 spiro atoms. The van der Waals surface area contributed by atoms with Gasteiger partial charge in [-0.2, -0.15) is 0 Å². The Morgan fingerprint density at radius 3 is 2.09 bits per heavy atom. The number of esters is 1. The second-order valence-corrected chi connectivity index (χ2v) is 6.61. The van der Waals surface area contributed by atoms with Gasteiger partial charge in [-0.25, -0.2) is 4.79 Å². The number of carbonyl (C=O) groups excluding carboxylic acids is 2. The van der Waals surface area contributed by atoms with Crippen molar-refractivity contribution in [3.05, 3.63) is 33.9 Å². The minimum absolute atomic E-state index is 0.165. The summed E-state index contributed by atoms with van der Waals surface area (Å²) in [5.41, 5.74) is 4.53. The molecule has 0 unspecified atom stereocenters. The number of ether oxygens (including phenoxy) is 2. The lowest BCUT2D eigenvalue weighted by molar-refractivity contribution is -0.157. The van der Waals surface area contributed by atoms with Crippen LogP contribution in [0.25, 0.3) is 6.08 Å². The fourth-order valence-electron chi connectivity index (χ4n) is 2.33. The van der Waals surface area contributed by atoms with E-state index in [0.717, 1.165) is 34.1 Å². The van der Waals surface area contributed by atoms with Crippen LogP contribution in [0.4, 0.5) is 0 Å². The Morgan fingerprint density at radius 2 is 1.57 bits per heavy atom. The summed E-state index contributed by atoms with van der Waals surface area (Å²) in [5, 5.41) is 0. The summed E-state index contributed by atoms with van der Waals surface area (Å²) in [4.78, 5) is 22.5. The van der Waals surface area contributed by atoms with Gasteiger partial charge in [-0.3, -0.25) is 4.79 Å². The molecule has 0 aromatic heterocycles. The fourth-order valence-corrected chi connectivity index (χ4v) is 2.33. The third-order valence-electron chi connectivity index (χ3n) is 3.77. The smallest absolute Gasteiger partial charge is 0.344 e. The van der Waals surface area contributed by atoms with E-state index in [1.54, 1.807) is 6.08 Å². The summed E-state index contributed by atoms with van der Waals surface area (Å²) < 4.78 is 11.0. The minimum atomic E-state index is -0.547. The van der Waals surface area contributed by atoms with Gasteiger partial charge in [0.2, 0.25) is 0 Å². The summed E-state index contributed by atoms with van der Waals surface area (Å²) in [7, 11) is 0. The van der Waals surface area contributed by atoms with Gasteiger partial charge in [-0.05, 0) is 82.9 Å². The van der Waals surface area contributed by atoms with Gasteiger partial charge in [0.25, 0.3) is 0 Å². The lowest BCUT2D eigenvalue weighted by Gasteiger charge is -2.22. The molecule has 4 nitrogen and oxygen atoms in total. The highest BCUT2D eigenvalue weighted by Gasteiger charge is 2.19. The van der Waals surface area contributed by atoms with Gasteiger partial charge in [-0.1, -0.05) is 0 Å². The van der Waals surface area contributed by atoms with E-state index in [9.17, 15) is 9.59 Å². The predicted molar refractivity (Wildman–Crippen MR) is 91.8 cm³/mol. The van der Waals surface area contributed by atoms with Gasteiger partial charge in [0.1, 0.15) is 17.6 Å². The molecule has 0 saturated heterocycles. The Balaban J connectivity index is 3.16. The van der Waals surface area contributed by atoms with Crippen molar-refractivity contribution in [1.82, 2.24) is 0 Å². The number of benzene rings is 1. The maximum Gasteiger partial charge on any atom is 0.344 e. The molecule has 126 valence electrons. The van der Waals surface area contributed by atoms with Gasteiger partial charge < -0.3 is 9.47 Å². The van der Waals surface area contributed by atoms with Crippen LogP contribution in [0, 0.1) is 27.7 Å². The Kier molecular flexibility index (Phi) is 6.13.